The summed E-state index contributed by atoms with van der Waals surface area (Å²) >= 11 is 3.91. The number of nitrogens with one attached hydrogen (secondary N) is 1. The van der Waals surface area contributed by atoms with Crippen molar-refractivity contribution in [1.82, 2.24) is 15.2 Å². The summed E-state index contributed by atoms with van der Waals surface area (Å²) in [6.45, 7) is 9.22. The van der Waals surface area contributed by atoms with E-state index in [1.165, 1.54) is 18.4 Å². The second kappa shape index (κ2) is 6.76. The van der Waals surface area contributed by atoms with Gasteiger partial charge in [-0.15, -0.1) is 0 Å². The van der Waals surface area contributed by atoms with Crippen molar-refractivity contribution in [1.29, 1.82) is 0 Å². The number of rotatable bonds is 3. The molecular formula is C19H26BrN3. The highest BCUT2D eigenvalue weighted by Gasteiger charge is 2.37. The zero-order valence-electron chi connectivity index (χ0n) is 14.4. The summed E-state index contributed by atoms with van der Waals surface area (Å²) < 4.78 is 0. The van der Waals surface area contributed by atoms with Gasteiger partial charge < -0.3 is 0 Å². The molecule has 3 unspecified atom stereocenters. The Hall–Kier alpha value is -1.16. The van der Waals surface area contributed by atoms with Gasteiger partial charge in [0.05, 0.1) is 4.83 Å². The van der Waals surface area contributed by atoms with E-state index in [4.69, 9.17) is 4.98 Å². The van der Waals surface area contributed by atoms with Crippen LogP contribution in [-0.4, -0.2) is 15.2 Å². The lowest BCUT2D eigenvalue weighted by molar-refractivity contribution is 0.132. The molecule has 1 N–H and O–H groups in total. The zero-order chi connectivity index (χ0) is 16.6. The molecule has 0 spiro atoms. The molecule has 0 bridgehead atoms. The first kappa shape index (κ1) is 16.7. The highest BCUT2D eigenvalue weighted by atomic mass is 79.9. The van der Waals surface area contributed by atoms with Crippen molar-refractivity contribution in [3.05, 3.63) is 35.7 Å². The third-order valence-corrected chi connectivity index (χ3v) is 6.32. The summed E-state index contributed by atoms with van der Waals surface area (Å²) in [5.41, 5.74) is 2.32. The number of aromatic nitrogens is 3. The van der Waals surface area contributed by atoms with Crippen LogP contribution >= 0.6 is 15.9 Å². The topological polar surface area (TPSA) is 41.6 Å². The molecule has 0 radical (unpaired) electrons. The number of hydrogen-bond donors (Lipinski definition) is 1. The molecule has 3 atom stereocenters. The second-order valence-corrected chi connectivity index (χ2v) is 8.41. The van der Waals surface area contributed by atoms with E-state index in [0.717, 1.165) is 23.1 Å². The fourth-order valence-electron chi connectivity index (χ4n) is 4.23. The van der Waals surface area contributed by atoms with E-state index >= 15 is 0 Å². The van der Waals surface area contributed by atoms with E-state index in [0.29, 0.717) is 17.8 Å². The number of aryl methyl sites for hydroxylation is 1. The smallest absolute Gasteiger partial charge is 0.181 e. The lowest BCUT2D eigenvalue weighted by atomic mass is 9.68. The van der Waals surface area contributed by atoms with Crippen molar-refractivity contribution in [3.63, 3.8) is 0 Å². The maximum atomic E-state index is 4.76. The van der Waals surface area contributed by atoms with Crippen LogP contribution in [0.1, 0.15) is 49.8 Å². The Labute approximate surface area is 147 Å². The number of H-pyrrole nitrogens is 1. The van der Waals surface area contributed by atoms with Crippen LogP contribution in [0.5, 0.6) is 0 Å². The monoisotopic (exact) mass is 375 g/mol. The molecular weight excluding hydrogens is 350 g/mol. The van der Waals surface area contributed by atoms with Crippen LogP contribution in [0, 0.1) is 30.6 Å². The first-order valence-corrected chi connectivity index (χ1v) is 9.50. The summed E-state index contributed by atoms with van der Waals surface area (Å²) in [6.07, 6.45) is 2.60. The molecule has 3 nitrogen and oxygen atoms in total. The van der Waals surface area contributed by atoms with Crippen molar-refractivity contribution in [3.8, 4) is 11.4 Å². The normalized spacial score (nSPS) is 29.4. The second-order valence-electron chi connectivity index (χ2n) is 7.42. The van der Waals surface area contributed by atoms with Crippen LogP contribution in [0.15, 0.2) is 24.3 Å². The Balaban J connectivity index is 1.80. The molecule has 1 aliphatic carbocycles. The molecule has 4 heteroatoms. The Morgan fingerprint density at radius 2 is 1.70 bits per heavy atom. The summed E-state index contributed by atoms with van der Waals surface area (Å²) in [4.78, 5) is 5.00. The predicted octanol–water partition coefficient (Wildman–Crippen LogP) is 5.53. The van der Waals surface area contributed by atoms with Crippen LogP contribution < -0.4 is 0 Å². The van der Waals surface area contributed by atoms with Crippen LogP contribution in [0.2, 0.25) is 0 Å². The molecule has 1 saturated carbocycles. The van der Waals surface area contributed by atoms with Gasteiger partial charge in [-0.05, 0) is 43.4 Å². The van der Waals surface area contributed by atoms with Gasteiger partial charge in [0, 0.05) is 5.56 Å². The average molecular weight is 376 g/mol. The van der Waals surface area contributed by atoms with Gasteiger partial charge in [-0.3, -0.25) is 5.10 Å². The molecule has 0 saturated heterocycles. The molecule has 1 aromatic carbocycles. The van der Waals surface area contributed by atoms with Crippen LogP contribution in [0.4, 0.5) is 0 Å². The molecule has 0 aliphatic heterocycles. The predicted molar refractivity (Wildman–Crippen MR) is 98.4 cm³/mol. The van der Waals surface area contributed by atoms with E-state index in [-0.39, 0.29) is 4.83 Å². The number of aromatic amines is 1. The van der Waals surface area contributed by atoms with Gasteiger partial charge in [-0.1, -0.05) is 66.5 Å². The summed E-state index contributed by atoms with van der Waals surface area (Å²) in [7, 11) is 0. The minimum absolute atomic E-state index is 0.242. The molecule has 1 fully saturated rings. The fraction of sp³-hybridized carbons (Fsp3) is 0.579. The third-order valence-electron chi connectivity index (χ3n) is 5.27. The van der Waals surface area contributed by atoms with Gasteiger partial charge in [0.2, 0.25) is 0 Å². The number of nitrogens with zero attached hydrogens (tertiary/aromatic N) is 2. The average Bonchev–Trinajstić information content (AvgIpc) is 2.96. The maximum absolute atomic E-state index is 4.76. The van der Waals surface area contributed by atoms with Gasteiger partial charge in [0.15, 0.2) is 5.82 Å². The fourth-order valence-corrected chi connectivity index (χ4v) is 5.48. The molecule has 1 heterocycles. The Kier molecular flexibility index (Phi) is 4.90. The number of benzene rings is 1. The SMILES string of the molecule is Cc1ccc(-c2n[nH]c(C(Br)C3C(C)CC(C)CC3C)n2)cc1. The molecule has 1 aromatic heterocycles. The number of hydrogen-bond acceptors (Lipinski definition) is 2. The number of halogens is 1. The molecule has 1 aliphatic rings. The van der Waals surface area contributed by atoms with E-state index in [2.05, 4.69) is 78.1 Å². The quantitative estimate of drug-likeness (QED) is 0.715. The van der Waals surface area contributed by atoms with Crippen molar-refractivity contribution >= 4 is 15.9 Å². The first-order valence-electron chi connectivity index (χ1n) is 8.59. The minimum atomic E-state index is 0.242. The van der Waals surface area contributed by atoms with E-state index in [1.54, 1.807) is 0 Å². The van der Waals surface area contributed by atoms with Gasteiger partial charge in [0.1, 0.15) is 5.82 Å². The molecule has 2 aromatic rings. The van der Waals surface area contributed by atoms with Gasteiger partial charge >= 0.3 is 0 Å². The largest absolute Gasteiger partial charge is 0.262 e. The minimum Gasteiger partial charge on any atom is -0.262 e. The standard InChI is InChI=1S/C19H26BrN3/c1-11-5-7-15(8-6-11)18-21-19(23-22-18)17(20)16-13(3)9-12(2)10-14(16)4/h5-8,12-14,16-17H,9-10H2,1-4H3,(H,21,22,23). The van der Waals surface area contributed by atoms with Gasteiger partial charge in [0.25, 0.3) is 0 Å². The van der Waals surface area contributed by atoms with E-state index in [9.17, 15) is 0 Å². The maximum Gasteiger partial charge on any atom is 0.181 e. The molecule has 3 rings (SSSR count). The van der Waals surface area contributed by atoms with E-state index < -0.39 is 0 Å². The summed E-state index contributed by atoms with van der Waals surface area (Å²) in [5.74, 6) is 4.57. The third kappa shape index (κ3) is 3.52. The van der Waals surface area contributed by atoms with E-state index in [1.807, 2.05) is 0 Å². The molecule has 0 amide bonds. The lowest BCUT2D eigenvalue weighted by Gasteiger charge is -2.40. The number of alkyl halides is 1. The summed E-state index contributed by atoms with van der Waals surface area (Å²) in [5, 5.41) is 7.59. The van der Waals surface area contributed by atoms with Crippen molar-refractivity contribution in [2.24, 2.45) is 23.7 Å². The Morgan fingerprint density at radius 1 is 1.09 bits per heavy atom. The zero-order valence-corrected chi connectivity index (χ0v) is 16.0. The first-order chi connectivity index (χ1) is 11.0. The van der Waals surface area contributed by atoms with Gasteiger partial charge in [-0.2, -0.15) is 5.10 Å². The Bertz CT molecular complexity index is 637. The highest BCUT2D eigenvalue weighted by molar-refractivity contribution is 9.09. The molecule has 124 valence electrons. The van der Waals surface area contributed by atoms with Crippen LogP contribution in [0.3, 0.4) is 0 Å². The van der Waals surface area contributed by atoms with Crippen molar-refractivity contribution in [2.45, 2.75) is 45.4 Å². The van der Waals surface area contributed by atoms with Crippen LogP contribution in [-0.2, 0) is 0 Å². The highest BCUT2D eigenvalue weighted by Crippen LogP contribution is 2.47. The Morgan fingerprint density at radius 3 is 2.30 bits per heavy atom. The lowest BCUT2D eigenvalue weighted by Crippen LogP contribution is -2.32. The summed E-state index contributed by atoms with van der Waals surface area (Å²) in [6, 6.07) is 8.37. The van der Waals surface area contributed by atoms with Crippen molar-refractivity contribution < 1.29 is 0 Å². The van der Waals surface area contributed by atoms with Crippen LogP contribution in [0.25, 0.3) is 11.4 Å². The van der Waals surface area contributed by atoms with Gasteiger partial charge in [-0.25, -0.2) is 4.98 Å². The molecule has 23 heavy (non-hydrogen) atoms. The van der Waals surface area contributed by atoms with Crippen molar-refractivity contribution in [2.75, 3.05) is 0 Å².